The fraction of sp³-hybridized carbons (Fsp3) is 0.938. The predicted molar refractivity (Wildman–Crippen MR) is 114 cm³/mol. The number of esters is 1. The number of carbonyl (C=O) groups excluding carboxylic acids is 1. The first-order chi connectivity index (χ1) is 11.0. The van der Waals surface area contributed by atoms with Gasteiger partial charge in [-0.25, -0.2) is 0 Å². The summed E-state index contributed by atoms with van der Waals surface area (Å²) in [5.41, 5.74) is 0. The lowest BCUT2D eigenvalue weighted by molar-refractivity contribution is -0.147. The van der Waals surface area contributed by atoms with Gasteiger partial charge < -0.3 is 17.1 Å². The fourth-order valence-corrected chi connectivity index (χ4v) is 16.6. The Morgan fingerprint density at radius 1 is 0.800 bits per heavy atom. The van der Waals surface area contributed by atoms with Crippen molar-refractivity contribution in [3.63, 3.8) is 0 Å². The summed E-state index contributed by atoms with van der Waals surface area (Å²) in [6.45, 7) is 23.6. The Hall–Kier alpha value is 0.218. The van der Waals surface area contributed by atoms with Gasteiger partial charge >= 0.3 is 14.8 Å². The quantitative estimate of drug-likeness (QED) is 0.342. The Kier molecular flexibility index (Phi) is 9.51. The van der Waals surface area contributed by atoms with Crippen LogP contribution in [0.4, 0.5) is 0 Å². The largest absolute Gasteiger partial charge is 0.473 e. The first-order valence-electron chi connectivity index (χ1n) is 9.26. The Bertz CT molecular complexity index is 383. The summed E-state index contributed by atoms with van der Waals surface area (Å²) >= 11 is 0. The predicted octanol–water partition coefficient (Wildman–Crippen LogP) is 5.07. The topological polar surface area (TPSA) is 54.0 Å². The third-order valence-electron chi connectivity index (χ3n) is 3.05. The summed E-state index contributed by atoms with van der Waals surface area (Å²) in [6, 6.07) is 0.536. The molecule has 0 amide bonds. The van der Waals surface area contributed by atoms with E-state index in [1.165, 1.54) is 0 Å². The van der Waals surface area contributed by atoms with Crippen LogP contribution >= 0.6 is 0 Å². The van der Waals surface area contributed by atoms with Crippen molar-refractivity contribution in [1.82, 2.24) is 0 Å². The third kappa shape index (κ3) is 12.3. The van der Waals surface area contributed by atoms with Crippen LogP contribution in [0.1, 0.15) is 20.3 Å². The summed E-state index contributed by atoms with van der Waals surface area (Å²) in [6.07, 6.45) is 0.781. The molecule has 25 heavy (non-hydrogen) atoms. The summed E-state index contributed by atoms with van der Waals surface area (Å²) in [4.78, 5) is 12.0. The van der Waals surface area contributed by atoms with Crippen LogP contribution < -0.4 is 0 Å². The highest BCUT2D eigenvalue weighted by atomic mass is 28.5. The van der Waals surface area contributed by atoms with Crippen molar-refractivity contribution in [2.75, 3.05) is 6.61 Å². The molecule has 0 aromatic carbocycles. The number of carbonyl (C=O) groups is 1. The van der Waals surface area contributed by atoms with Crippen LogP contribution in [0.25, 0.3) is 0 Å². The van der Waals surface area contributed by atoms with Crippen molar-refractivity contribution < 1.29 is 21.9 Å². The Morgan fingerprint density at radius 3 is 1.44 bits per heavy atom. The molecule has 1 unspecified atom stereocenters. The maximum atomic E-state index is 12.0. The van der Waals surface area contributed by atoms with Crippen LogP contribution in [0.3, 0.4) is 0 Å². The van der Waals surface area contributed by atoms with E-state index in [0.29, 0.717) is 12.7 Å². The standard InChI is InChI=1S/C16H40O5Si4/c1-12-15(2)16(17)18-13-14-25(19-22(3,4)5,20-23(6,7)8)21-24(9,10)11/h15H,12-14H2,1-11H3. The number of hydrogen-bond acceptors (Lipinski definition) is 5. The highest BCUT2D eigenvalue weighted by Gasteiger charge is 2.50. The van der Waals surface area contributed by atoms with Gasteiger partial charge in [0, 0.05) is 6.04 Å². The summed E-state index contributed by atoms with van der Waals surface area (Å²) < 4.78 is 25.2. The average molecular weight is 425 g/mol. The van der Waals surface area contributed by atoms with E-state index in [-0.39, 0.29) is 11.9 Å². The highest BCUT2D eigenvalue weighted by Crippen LogP contribution is 2.29. The zero-order valence-corrected chi connectivity index (χ0v) is 22.2. The molecule has 0 saturated carbocycles. The second-order valence-corrected chi connectivity index (χ2v) is 26.5. The molecule has 1 atom stereocenters. The zero-order valence-electron chi connectivity index (χ0n) is 18.2. The van der Waals surface area contributed by atoms with Crippen molar-refractivity contribution in [2.24, 2.45) is 5.92 Å². The molecule has 0 N–H and O–H groups in total. The van der Waals surface area contributed by atoms with Gasteiger partial charge in [-0.05, 0) is 65.3 Å². The smallest absolute Gasteiger partial charge is 0.465 e. The van der Waals surface area contributed by atoms with Crippen molar-refractivity contribution >= 4 is 39.7 Å². The second kappa shape index (κ2) is 9.42. The van der Waals surface area contributed by atoms with Gasteiger partial charge in [0.15, 0.2) is 25.0 Å². The van der Waals surface area contributed by atoms with Gasteiger partial charge in [-0.2, -0.15) is 0 Å². The van der Waals surface area contributed by atoms with Crippen LogP contribution in [0.5, 0.6) is 0 Å². The van der Waals surface area contributed by atoms with Gasteiger partial charge in [-0.1, -0.05) is 13.8 Å². The van der Waals surface area contributed by atoms with Gasteiger partial charge in [0.1, 0.15) is 0 Å². The van der Waals surface area contributed by atoms with E-state index in [4.69, 9.17) is 17.1 Å². The summed E-state index contributed by atoms with van der Waals surface area (Å²) in [5.74, 6) is -0.232. The molecular weight excluding hydrogens is 385 g/mol. The van der Waals surface area contributed by atoms with Gasteiger partial charge in [0.05, 0.1) is 12.5 Å². The van der Waals surface area contributed by atoms with E-state index in [2.05, 4.69) is 58.9 Å². The van der Waals surface area contributed by atoms with Gasteiger partial charge in [-0.15, -0.1) is 0 Å². The monoisotopic (exact) mass is 424 g/mol. The molecule has 0 radical (unpaired) electrons. The van der Waals surface area contributed by atoms with E-state index in [0.717, 1.165) is 6.42 Å². The zero-order chi connectivity index (χ0) is 20.1. The molecule has 0 saturated heterocycles. The van der Waals surface area contributed by atoms with Gasteiger partial charge in [0.25, 0.3) is 0 Å². The molecule has 0 spiro atoms. The third-order valence-corrected chi connectivity index (χ3v) is 14.9. The summed E-state index contributed by atoms with van der Waals surface area (Å²) in [7, 11) is -8.55. The highest BCUT2D eigenvalue weighted by molar-refractivity contribution is 6.90. The van der Waals surface area contributed by atoms with E-state index in [1.807, 2.05) is 13.8 Å². The molecule has 0 rings (SSSR count). The van der Waals surface area contributed by atoms with Crippen LogP contribution in [0.15, 0.2) is 0 Å². The lowest BCUT2D eigenvalue weighted by Gasteiger charge is -2.42. The molecule has 0 aliphatic rings. The van der Waals surface area contributed by atoms with Crippen molar-refractivity contribution in [1.29, 1.82) is 0 Å². The Labute approximate surface area is 159 Å². The van der Waals surface area contributed by atoms with Gasteiger partial charge in [-0.3, -0.25) is 4.79 Å². The molecule has 0 aromatic rings. The SMILES string of the molecule is CCC(C)C(=O)OCC[Si](O[Si](C)(C)C)(O[Si](C)(C)C)O[Si](C)(C)C. The van der Waals surface area contributed by atoms with Crippen LogP contribution in [-0.2, 0) is 21.9 Å². The maximum Gasteiger partial charge on any atom is 0.473 e. The number of ether oxygens (including phenoxy) is 1. The molecule has 0 aliphatic heterocycles. The first kappa shape index (κ1) is 25.2. The van der Waals surface area contributed by atoms with Crippen molar-refractivity contribution in [3.8, 4) is 0 Å². The van der Waals surface area contributed by atoms with E-state index >= 15 is 0 Å². The van der Waals surface area contributed by atoms with Crippen LogP contribution in [0.2, 0.25) is 65.0 Å². The van der Waals surface area contributed by atoms with Crippen LogP contribution in [-0.4, -0.2) is 46.3 Å². The molecule has 9 heteroatoms. The van der Waals surface area contributed by atoms with Gasteiger partial charge in [0.2, 0.25) is 0 Å². The van der Waals surface area contributed by atoms with E-state index in [9.17, 15) is 4.79 Å². The lowest BCUT2D eigenvalue weighted by Crippen LogP contribution is -2.60. The fourth-order valence-electron chi connectivity index (χ4n) is 2.20. The maximum absolute atomic E-state index is 12.0. The molecule has 0 aliphatic carbocycles. The minimum absolute atomic E-state index is 0.0789. The molecule has 0 fully saturated rings. The lowest BCUT2D eigenvalue weighted by atomic mass is 10.1. The Morgan fingerprint density at radius 2 is 1.16 bits per heavy atom. The minimum Gasteiger partial charge on any atom is -0.465 e. The first-order valence-corrected chi connectivity index (χ1v) is 21.4. The van der Waals surface area contributed by atoms with E-state index in [1.54, 1.807) is 0 Å². The van der Waals surface area contributed by atoms with Crippen molar-refractivity contribution in [2.45, 2.75) is 85.2 Å². The number of hydrogen-bond donors (Lipinski definition) is 0. The van der Waals surface area contributed by atoms with Crippen molar-refractivity contribution in [3.05, 3.63) is 0 Å². The Balaban J connectivity index is 5.40. The normalized spacial score (nSPS) is 15.2. The average Bonchev–Trinajstić information content (AvgIpc) is 2.30. The molecule has 150 valence electrons. The molecule has 5 nitrogen and oxygen atoms in total. The number of rotatable bonds is 11. The summed E-state index contributed by atoms with van der Waals surface area (Å²) in [5, 5.41) is 0. The second-order valence-electron chi connectivity index (χ2n) is 9.55. The van der Waals surface area contributed by atoms with E-state index < -0.39 is 33.8 Å². The molecular formula is C16H40O5Si4. The minimum atomic E-state index is -2.91. The molecule has 0 heterocycles. The molecule has 0 bridgehead atoms. The van der Waals surface area contributed by atoms with Crippen LogP contribution in [0, 0.1) is 5.92 Å². The molecule has 0 aromatic heterocycles.